The highest BCUT2D eigenvalue weighted by molar-refractivity contribution is 5.75. The van der Waals surface area contributed by atoms with Gasteiger partial charge in [-0.25, -0.2) is 0 Å². The summed E-state index contributed by atoms with van der Waals surface area (Å²) in [4.78, 5) is 32.2. The molecule has 0 saturated heterocycles. The molecule has 0 aliphatic carbocycles. The normalized spacial score (nSPS) is 13.6. The van der Waals surface area contributed by atoms with E-state index >= 15 is 0 Å². The molecule has 122 valence electrons. The van der Waals surface area contributed by atoms with Gasteiger partial charge in [0.05, 0.1) is 18.4 Å². The van der Waals surface area contributed by atoms with Crippen molar-refractivity contribution in [3.8, 4) is 0 Å². The number of carbonyl (C=O) groups excluding carboxylic acids is 1. The first kappa shape index (κ1) is 19.6. The Morgan fingerprint density at radius 3 is 1.90 bits per heavy atom. The molecule has 2 atom stereocenters. The molecule has 0 unspecified atom stereocenters. The van der Waals surface area contributed by atoms with Crippen molar-refractivity contribution in [2.75, 3.05) is 0 Å². The highest BCUT2D eigenvalue weighted by Gasteiger charge is 2.27. The maximum atomic E-state index is 11.0. The third kappa shape index (κ3) is 11.0. The number of ketones is 1. The van der Waals surface area contributed by atoms with E-state index in [0.29, 0.717) is 12.8 Å². The number of hydrogen-bond acceptors (Lipinski definition) is 4. The third-order valence-corrected chi connectivity index (χ3v) is 3.46. The number of carboxylic acid groups (broad SMARTS) is 2. The molecule has 0 amide bonds. The lowest BCUT2D eigenvalue weighted by Crippen LogP contribution is -2.30. The van der Waals surface area contributed by atoms with Crippen LogP contribution in [0.5, 0.6) is 0 Å². The summed E-state index contributed by atoms with van der Waals surface area (Å²) >= 11 is 0. The highest BCUT2D eigenvalue weighted by atomic mass is 16.4. The van der Waals surface area contributed by atoms with Gasteiger partial charge in [-0.1, -0.05) is 32.1 Å². The SMILES string of the molecule is CC(=O)CCCCCCCC[C@H](C(=O)O)[C@@H](O)CC(=O)O. The van der Waals surface area contributed by atoms with E-state index < -0.39 is 30.4 Å². The standard InChI is InChI=1S/C15H26O6/c1-11(16)8-6-4-2-3-5-7-9-12(15(20)21)13(17)10-14(18)19/h12-13,17H,2-10H2,1H3,(H,18,19)(H,20,21)/t12-,13-/m0/s1. The molecule has 6 heteroatoms. The van der Waals surface area contributed by atoms with Gasteiger partial charge in [0.2, 0.25) is 0 Å². The topological polar surface area (TPSA) is 112 Å². The first-order valence-corrected chi connectivity index (χ1v) is 7.46. The van der Waals surface area contributed by atoms with Crippen molar-refractivity contribution in [2.24, 2.45) is 5.92 Å². The summed E-state index contributed by atoms with van der Waals surface area (Å²) in [5.41, 5.74) is 0. The number of carboxylic acids is 2. The van der Waals surface area contributed by atoms with Gasteiger partial charge in [-0.15, -0.1) is 0 Å². The Kier molecular flexibility index (Phi) is 10.5. The minimum atomic E-state index is -1.34. The Hall–Kier alpha value is -1.43. The van der Waals surface area contributed by atoms with Crippen molar-refractivity contribution in [1.29, 1.82) is 0 Å². The Morgan fingerprint density at radius 1 is 0.905 bits per heavy atom. The lowest BCUT2D eigenvalue weighted by Gasteiger charge is -2.17. The van der Waals surface area contributed by atoms with E-state index in [1.165, 1.54) is 0 Å². The molecule has 0 aliphatic heterocycles. The summed E-state index contributed by atoms with van der Waals surface area (Å²) in [6.07, 6.45) is 4.37. The second kappa shape index (κ2) is 11.3. The molecule has 0 aromatic heterocycles. The molecule has 0 radical (unpaired) electrons. The Labute approximate surface area is 125 Å². The molecule has 6 nitrogen and oxygen atoms in total. The van der Waals surface area contributed by atoms with Crippen molar-refractivity contribution in [3.63, 3.8) is 0 Å². The summed E-state index contributed by atoms with van der Waals surface area (Å²) < 4.78 is 0. The molecule has 0 saturated carbocycles. The van der Waals surface area contributed by atoms with Gasteiger partial charge in [-0.05, 0) is 19.8 Å². The van der Waals surface area contributed by atoms with Crippen molar-refractivity contribution < 1.29 is 29.7 Å². The fraction of sp³-hybridized carbons (Fsp3) is 0.800. The molecule has 3 N–H and O–H groups in total. The number of Topliss-reactive ketones (excluding diaryl/α,β-unsaturated/α-hetero) is 1. The second-order valence-electron chi connectivity index (χ2n) is 5.47. The maximum absolute atomic E-state index is 11.0. The molecular formula is C15H26O6. The zero-order valence-electron chi connectivity index (χ0n) is 12.6. The molecule has 0 aliphatic rings. The molecule has 0 aromatic carbocycles. The quantitative estimate of drug-likeness (QED) is 0.450. The van der Waals surface area contributed by atoms with Crippen LogP contribution < -0.4 is 0 Å². The van der Waals surface area contributed by atoms with Gasteiger partial charge in [-0.2, -0.15) is 0 Å². The van der Waals surface area contributed by atoms with E-state index in [-0.39, 0.29) is 12.2 Å². The van der Waals surface area contributed by atoms with E-state index in [4.69, 9.17) is 10.2 Å². The van der Waals surface area contributed by atoms with Gasteiger partial charge in [0, 0.05) is 6.42 Å². The van der Waals surface area contributed by atoms with Crippen LogP contribution >= 0.6 is 0 Å². The summed E-state index contributed by atoms with van der Waals surface area (Å²) in [7, 11) is 0. The van der Waals surface area contributed by atoms with E-state index in [0.717, 1.165) is 32.1 Å². The third-order valence-electron chi connectivity index (χ3n) is 3.46. The summed E-state index contributed by atoms with van der Waals surface area (Å²) in [5.74, 6) is -3.16. The molecule has 0 rings (SSSR count). The van der Waals surface area contributed by atoms with Gasteiger partial charge in [0.15, 0.2) is 0 Å². The molecule has 21 heavy (non-hydrogen) atoms. The largest absolute Gasteiger partial charge is 0.481 e. The first-order valence-electron chi connectivity index (χ1n) is 7.46. The van der Waals surface area contributed by atoms with Crippen LogP contribution in [-0.4, -0.2) is 39.1 Å². The van der Waals surface area contributed by atoms with E-state index in [2.05, 4.69) is 0 Å². The Bertz CT molecular complexity index is 339. The van der Waals surface area contributed by atoms with Crippen molar-refractivity contribution in [3.05, 3.63) is 0 Å². The van der Waals surface area contributed by atoms with Gasteiger partial charge < -0.3 is 20.1 Å². The summed E-state index contributed by atoms with van der Waals surface area (Å²) in [6, 6.07) is 0. The fourth-order valence-corrected chi connectivity index (χ4v) is 2.25. The minimum absolute atomic E-state index is 0.201. The van der Waals surface area contributed by atoms with E-state index in [9.17, 15) is 19.5 Å². The number of carbonyl (C=O) groups is 3. The van der Waals surface area contributed by atoms with Crippen LogP contribution in [0.15, 0.2) is 0 Å². The van der Waals surface area contributed by atoms with Crippen LogP contribution in [-0.2, 0) is 14.4 Å². The number of aliphatic hydroxyl groups excluding tert-OH is 1. The fourth-order valence-electron chi connectivity index (χ4n) is 2.25. The Balaban J connectivity index is 3.77. The van der Waals surface area contributed by atoms with Crippen molar-refractivity contribution >= 4 is 17.7 Å². The van der Waals surface area contributed by atoms with Gasteiger partial charge in [-0.3, -0.25) is 9.59 Å². The first-order chi connectivity index (χ1) is 9.84. The van der Waals surface area contributed by atoms with Gasteiger partial charge in [0.1, 0.15) is 5.78 Å². The Morgan fingerprint density at radius 2 is 1.43 bits per heavy atom. The lowest BCUT2D eigenvalue weighted by molar-refractivity contribution is -0.148. The predicted octanol–water partition coefficient (Wildman–Crippen LogP) is 2.23. The van der Waals surface area contributed by atoms with Crippen LogP contribution in [0, 0.1) is 5.92 Å². The predicted molar refractivity (Wildman–Crippen MR) is 77.0 cm³/mol. The summed E-state index contributed by atoms with van der Waals surface area (Å²) in [6.45, 7) is 1.58. The zero-order valence-corrected chi connectivity index (χ0v) is 12.6. The van der Waals surface area contributed by atoms with Crippen molar-refractivity contribution in [2.45, 2.75) is 70.8 Å². The molecule has 0 fully saturated rings. The smallest absolute Gasteiger partial charge is 0.309 e. The average Bonchev–Trinajstić information content (AvgIpc) is 2.34. The number of rotatable bonds is 13. The summed E-state index contributed by atoms with van der Waals surface area (Å²) in [5, 5.41) is 27.1. The molecule has 0 spiro atoms. The number of aliphatic hydroxyl groups is 1. The van der Waals surface area contributed by atoms with Crippen LogP contribution in [0.3, 0.4) is 0 Å². The number of hydrogen-bond donors (Lipinski definition) is 3. The zero-order chi connectivity index (χ0) is 16.3. The van der Waals surface area contributed by atoms with Crippen LogP contribution in [0.2, 0.25) is 0 Å². The van der Waals surface area contributed by atoms with Crippen LogP contribution in [0.4, 0.5) is 0 Å². The highest BCUT2D eigenvalue weighted by Crippen LogP contribution is 2.18. The molecule has 0 aromatic rings. The molecule has 0 heterocycles. The average molecular weight is 302 g/mol. The van der Waals surface area contributed by atoms with Crippen LogP contribution in [0.1, 0.15) is 64.7 Å². The lowest BCUT2D eigenvalue weighted by atomic mass is 9.93. The molecule has 0 bridgehead atoms. The van der Waals surface area contributed by atoms with Gasteiger partial charge >= 0.3 is 11.9 Å². The second-order valence-corrected chi connectivity index (χ2v) is 5.47. The molecular weight excluding hydrogens is 276 g/mol. The number of unbranched alkanes of at least 4 members (excludes halogenated alkanes) is 5. The maximum Gasteiger partial charge on any atom is 0.309 e. The van der Waals surface area contributed by atoms with Crippen LogP contribution in [0.25, 0.3) is 0 Å². The van der Waals surface area contributed by atoms with Gasteiger partial charge in [0.25, 0.3) is 0 Å². The van der Waals surface area contributed by atoms with E-state index in [1.807, 2.05) is 0 Å². The van der Waals surface area contributed by atoms with Crippen molar-refractivity contribution in [1.82, 2.24) is 0 Å². The number of aliphatic carboxylic acids is 2. The minimum Gasteiger partial charge on any atom is -0.481 e. The monoisotopic (exact) mass is 302 g/mol. The van der Waals surface area contributed by atoms with E-state index in [1.54, 1.807) is 6.92 Å².